The highest BCUT2D eigenvalue weighted by molar-refractivity contribution is 6.07. The molecule has 4 nitrogen and oxygen atoms in total. The minimum Gasteiger partial charge on any atom is -0.299 e. The summed E-state index contributed by atoms with van der Waals surface area (Å²) in [6.45, 7) is 1.75. The van der Waals surface area contributed by atoms with Crippen LogP contribution in [0.25, 0.3) is 0 Å². The van der Waals surface area contributed by atoms with Gasteiger partial charge in [0.1, 0.15) is 5.78 Å². The molecule has 1 rings (SSSR count). The standard InChI is InChI=1S/C9H12N2O2/c1-3-8(12)4-9(13)7-5-10-11(2)6-7/h5-6H,3-4H2,1-2H3. The number of Topliss-reactive ketones (excluding diaryl/α,β-unsaturated/α-hetero) is 2. The zero-order chi connectivity index (χ0) is 9.84. The molecule has 0 aliphatic heterocycles. The van der Waals surface area contributed by atoms with Crippen LogP contribution in [-0.2, 0) is 11.8 Å². The topological polar surface area (TPSA) is 52.0 Å². The summed E-state index contributed by atoms with van der Waals surface area (Å²) in [5.41, 5.74) is 0.504. The van der Waals surface area contributed by atoms with E-state index in [0.717, 1.165) is 0 Å². The summed E-state index contributed by atoms with van der Waals surface area (Å²) in [6.07, 6.45) is 3.49. The van der Waals surface area contributed by atoms with Crippen molar-refractivity contribution in [3.63, 3.8) is 0 Å². The maximum atomic E-state index is 11.4. The number of carbonyl (C=O) groups is 2. The molecule has 0 unspecified atom stereocenters. The molecule has 0 aliphatic carbocycles. The first-order valence-electron chi connectivity index (χ1n) is 4.17. The van der Waals surface area contributed by atoms with Gasteiger partial charge in [-0.3, -0.25) is 14.3 Å². The lowest BCUT2D eigenvalue weighted by atomic mass is 10.1. The Morgan fingerprint density at radius 1 is 1.54 bits per heavy atom. The van der Waals surface area contributed by atoms with Crippen molar-refractivity contribution in [1.29, 1.82) is 0 Å². The molecule has 4 heteroatoms. The maximum Gasteiger partial charge on any atom is 0.173 e. The molecule has 1 aromatic rings. The SMILES string of the molecule is CCC(=O)CC(=O)c1cnn(C)c1. The van der Waals surface area contributed by atoms with E-state index in [0.29, 0.717) is 12.0 Å². The highest BCUT2D eigenvalue weighted by atomic mass is 16.1. The zero-order valence-corrected chi connectivity index (χ0v) is 7.78. The fourth-order valence-corrected chi connectivity index (χ4v) is 0.971. The molecule has 0 spiro atoms. The fourth-order valence-electron chi connectivity index (χ4n) is 0.971. The molecule has 0 saturated heterocycles. The average molecular weight is 180 g/mol. The van der Waals surface area contributed by atoms with E-state index in [2.05, 4.69) is 5.10 Å². The van der Waals surface area contributed by atoms with Crippen LogP contribution >= 0.6 is 0 Å². The Kier molecular flexibility index (Phi) is 2.95. The molecule has 0 radical (unpaired) electrons. The van der Waals surface area contributed by atoms with Gasteiger partial charge < -0.3 is 0 Å². The number of carbonyl (C=O) groups excluding carboxylic acids is 2. The Balaban J connectivity index is 2.64. The largest absolute Gasteiger partial charge is 0.299 e. The van der Waals surface area contributed by atoms with Gasteiger partial charge in [-0.25, -0.2) is 0 Å². The first-order valence-corrected chi connectivity index (χ1v) is 4.17. The van der Waals surface area contributed by atoms with Crippen LogP contribution in [0.5, 0.6) is 0 Å². The Hall–Kier alpha value is -1.45. The predicted octanol–water partition coefficient (Wildman–Crippen LogP) is 0.972. The lowest BCUT2D eigenvalue weighted by molar-refractivity contribution is -0.117. The fraction of sp³-hybridized carbons (Fsp3) is 0.444. The second-order valence-corrected chi connectivity index (χ2v) is 2.89. The number of aromatic nitrogens is 2. The van der Waals surface area contributed by atoms with Crippen molar-refractivity contribution in [3.8, 4) is 0 Å². The minimum absolute atomic E-state index is 0.0117. The average Bonchev–Trinajstić information content (AvgIpc) is 2.51. The monoisotopic (exact) mass is 180 g/mol. The third-order valence-corrected chi connectivity index (χ3v) is 1.78. The molecule has 0 saturated carbocycles. The van der Waals surface area contributed by atoms with E-state index in [1.165, 1.54) is 6.20 Å². The maximum absolute atomic E-state index is 11.4. The van der Waals surface area contributed by atoms with Crippen LogP contribution in [0.2, 0.25) is 0 Å². The molecule has 70 valence electrons. The van der Waals surface area contributed by atoms with Crippen LogP contribution in [0.4, 0.5) is 0 Å². The highest BCUT2D eigenvalue weighted by Gasteiger charge is 2.11. The molecular formula is C9H12N2O2. The van der Waals surface area contributed by atoms with Crippen LogP contribution in [-0.4, -0.2) is 21.3 Å². The molecular weight excluding hydrogens is 168 g/mol. The number of hydrogen-bond donors (Lipinski definition) is 0. The van der Waals surface area contributed by atoms with E-state index in [-0.39, 0.29) is 18.0 Å². The van der Waals surface area contributed by atoms with E-state index in [4.69, 9.17) is 0 Å². The second kappa shape index (κ2) is 3.98. The van der Waals surface area contributed by atoms with Crippen molar-refractivity contribution in [2.45, 2.75) is 19.8 Å². The van der Waals surface area contributed by atoms with Gasteiger partial charge >= 0.3 is 0 Å². The summed E-state index contributed by atoms with van der Waals surface area (Å²) in [5, 5.41) is 3.86. The van der Waals surface area contributed by atoms with Crippen LogP contribution in [0.3, 0.4) is 0 Å². The van der Waals surface area contributed by atoms with E-state index in [1.807, 2.05) is 0 Å². The van der Waals surface area contributed by atoms with Crippen molar-refractivity contribution in [2.75, 3.05) is 0 Å². The molecule has 0 aliphatic rings. The number of ketones is 2. The summed E-state index contributed by atoms with van der Waals surface area (Å²) < 4.78 is 1.55. The lowest BCUT2D eigenvalue weighted by Gasteiger charge is -1.93. The molecule has 0 fully saturated rings. The van der Waals surface area contributed by atoms with Gasteiger partial charge in [0.05, 0.1) is 18.2 Å². The van der Waals surface area contributed by atoms with Crippen LogP contribution in [0.15, 0.2) is 12.4 Å². The summed E-state index contributed by atoms with van der Waals surface area (Å²) in [4.78, 5) is 22.3. The molecule has 13 heavy (non-hydrogen) atoms. The molecule has 1 aromatic heterocycles. The third kappa shape index (κ3) is 2.50. The van der Waals surface area contributed by atoms with Gasteiger partial charge in [-0.2, -0.15) is 5.10 Å². The van der Waals surface area contributed by atoms with Gasteiger partial charge in [0.15, 0.2) is 5.78 Å². The van der Waals surface area contributed by atoms with E-state index < -0.39 is 0 Å². The Morgan fingerprint density at radius 3 is 2.69 bits per heavy atom. The third-order valence-electron chi connectivity index (χ3n) is 1.78. The Bertz CT molecular complexity index is 328. The summed E-state index contributed by atoms with van der Waals surface area (Å²) in [7, 11) is 1.73. The number of nitrogens with zero attached hydrogens (tertiary/aromatic N) is 2. The van der Waals surface area contributed by atoms with Crippen molar-refractivity contribution >= 4 is 11.6 Å². The van der Waals surface area contributed by atoms with Gasteiger partial charge in [0.2, 0.25) is 0 Å². The van der Waals surface area contributed by atoms with Gasteiger partial charge in [-0.15, -0.1) is 0 Å². The van der Waals surface area contributed by atoms with Crippen LogP contribution < -0.4 is 0 Å². The molecule has 1 heterocycles. The summed E-state index contributed by atoms with van der Waals surface area (Å²) in [6, 6.07) is 0. The predicted molar refractivity (Wildman–Crippen MR) is 47.5 cm³/mol. The smallest absolute Gasteiger partial charge is 0.173 e. The molecule has 0 N–H and O–H groups in total. The highest BCUT2D eigenvalue weighted by Crippen LogP contribution is 2.02. The van der Waals surface area contributed by atoms with Gasteiger partial charge in [0, 0.05) is 19.7 Å². The van der Waals surface area contributed by atoms with E-state index in [1.54, 1.807) is 24.9 Å². The van der Waals surface area contributed by atoms with E-state index in [9.17, 15) is 9.59 Å². The molecule has 0 amide bonds. The van der Waals surface area contributed by atoms with Gasteiger partial charge in [-0.1, -0.05) is 6.92 Å². The minimum atomic E-state index is -0.153. The van der Waals surface area contributed by atoms with Crippen LogP contribution in [0.1, 0.15) is 30.1 Å². The van der Waals surface area contributed by atoms with E-state index >= 15 is 0 Å². The number of hydrogen-bond acceptors (Lipinski definition) is 3. The number of rotatable bonds is 4. The van der Waals surface area contributed by atoms with Crippen molar-refractivity contribution in [3.05, 3.63) is 18.0 Å². The van der Waals surface area contributed by atoms with Crippen LogP contribution in [0, 0.1) is 0 Å². The Labute approximate surface area is 76.6 Å². The molecule has 0 atom stereocenters. The first-order chi connectivity index (χ1) is 6.13. The number of aryl methyl sites for hydroxylation is 1. The second-order valence-electron chi connectivity index (χ2n) is 2.89. The quantitative estimate of drug-likeness (QED) is 0.512. The summed E-state index contributed by atoms with van der Waals surface area (Å²) in [5.74, 6) is -0.186. The normalized spacial score (nSPS) is 10.0. The lowest BCUT2D eigenvalue weighted by Crippen LogP contribution is -2.06. The van der Waals surface area contributed by atoms with Crippen molar-refractivity contribution < 1.29 is 9.59 Å². The van der Waals surface area contributed by atoms with Crippen molar-refractivity contribution in [2.24, 2.45) is 7.05 Å². The molecule has 0 bridgehead atoms. The Morgan fingerprint density at radius 2 is 2.23 bits per heavy atom. The first kappa shape index (κ1) is 9.64. The summed E-state index contributed by atoms with van der Waals surface area (Å²) >= 11 is 0. The van der Waals surface area contributed by atoms with Crippen molar-refractivity contribution in [1.82, 2.24) is 9.78 Å². The van der Waals surface area contributed by atoms with Gasteiger partial charge in [0.25, 0.3) is 0 Å². The zero-order valence-electron chi connectivity index (χ0n) is 7.78. The van der Waals surface area contributed by atoms with Gasteiger partial charge in [-0.05, 0) is 0 Å². The molecule has 0 aromatic carbocycles.